The summed E-state index contributed by atoms with van der Waals surface area (Å²) < 4.78 is 14.3. The highest BCUT2D eigenvalue weighted by Gasteiger charge is 2.13. The Morgan fingerprint density at radius 2 is 1.89 bits per heavy atom. The molecule has 1 amide bonds. The van der Waals surface area contributed by atoms with Gasteiger partial charge in [0, 0.05) is 4.47 Å². The van der Waals surface area contributed by atoms with E-state index in [2.05, 4.69) is 21.2 Å². The van der Waals surface area contributed by atoms with Crippen molar-refractivity contribution in [2.24, 2.45) is 0 Å². The zero-order valence-electron chi connectivity index (χ0n) is 9.71. The number of benzene rings is 2. The van der Waals surface area contributed by atoms with Gasteiger partial charge in [-0.05, 0) is 46.6 Å². The van der Waals surface area contributed by atoms with Crippen LogP contribution >= 0.6 is 15.9 Å². The molecule has 0 bridgehead atoms. The van der Waals surface area contributed by atoms with Crippen LogP contribution in [-0.4, -0.2) is 5.91 Å². The maximum atomic E-state index is 13.6. The number of rotatable bonds is 2. The van der Waals surface area contributed by atoms with Gasteiger partial charge in [-0.15, -0.1) is 0 Å². The molecule has 0 atom stereocenters. The van der Waals surface area contributed by atoms with Gasteiger partial charge in [-0.3, -0.25) is 4.79 Å². The zero-order valence-corrected chi connectivity index (χ0v) is 11.3. The van der Waals surface area contributed by atoms with E-state index in [0.29, 0.717) is 15.6 Å². The lowest BCUT2D eigenvalue weighted by Crippen LogP contribution is -2.14. The molecule has 0 spiro atoms. The first-order valence-electron chi connectivity index (χ1n) is 5.40. The van der Waals surface area contributed by atoms with Gasteiger partial charge >= 0.3 is 0 Å². The topological polar surface area (TPSA) is 29.1 Å². The van der Waals surface area contributed by atoms with Crippen LogP contribution in [0.3, 0.4) is 0 Å². The molecule has 18 heavy (non-hydrogen) atoms. The Morgan fingerprint density at radius 1 is 1.17 bits per heavy atom. The lowest BCUT2D eigenvalue weighted by Gasteiger charge is -2.10. The van der Waals surface area contributed by atoms with E-state index in [1.807, 2.05) is 6.07 Å². The molecule has 0 aliphatic heterocycles. The van der Waals surface area contributed by atoms with Crippen molar-refractivity contribution in [3.05, 3.63) is 63.9 Å². The second-order valence-electron chi connectivity index (χ2n) is 3.87. The molecular weight excluding hydrogens is 297 g/mol. The molecule has 0 fully saturated rings. The van der Waals surface area contributed by atoms with Crippen molar-refractivity contribution in [1.29, 1.82) is 0 Å². The van der Waals surface area contributed by atoms with Crippen LogP contribution in [0.4, 0.5) is 10.1 Å². The fraction of sp³-hybridized carbons (Fsp3) is 0.0714. The number of aryl methyl sites for hydroxylation is 1. The maximum absolute atomic E-state index is 13.6. The van der Waals surface area contributed by atoms with E-state index in [-0.39, 0.29) is 11.6 Å². The molecule has 0 unspecified atom stereocenters. The van der Waals surface area contributed by atoms with Gasteiger partial charge in [0.15, 0.2) is 0 Å². The summed E-state index contributed by atoms with van der Waals surface area (Å²) in [5.74, 6) is -0.772. The molecule has 2 aromatic rings. The molecule has 2 aromatic carbocycles. The molecule has 0 heterocycles. The van der Waals surface area contributed by atoms with Gasteiger partial charge in [0.05, 0.1) is 11.3 Å². The van der Waals surface area contributed by atoms with Crippen molar-refractivity contribution in [1.82, 2.24) is 0 Å². The van der Waals surface area contributed by atoms with E-state index in [9.17, 15) is 9.18 Å². The van der Waals surface area contributed by atoms with E-state index in [4.69, 9.17) is 0 Å². The van der Waals surface area contributed by atoms with Crippen molar-refractivity contribution in [3.8, 4) is 0 Å². The minimum absolute atomic E-state index is 0.221. The normalized spacial score (nSPS) is 10.2. The molecule has 0 aromatic heterocycles. The highest BCUT2D eigenvalue weighted by Crippen LogP contribution is 2.22. The van der Waals surface area contributed by atoms with Crippen molar-refractivity contribution in [2.45, 2.75) is 6.92 Å². The number of hydrogen-bond donors (Lipinski definition) is 1. The molecule has 0 saturated carbocycles. The van der Waals surface area contributed by atoms with Crippen molar-refractivity contribution < 1.29 is 9.18 Å². The highest BCUT2D eigenvalue weighted by molar-refractivity contribution is 9.10. The Bertz CT molecular complexity index is 578. The van der Waals surface area contributed by atoms with Gasteiger partial charge in [-0.1, -0.05) is 24.3 Å². The fourth-order valence-electron chi connectivity index (χ4n) is 1.62. The van der Waals surface area contributed by atoms with Gasteiger partial charge in [0.2, 0.25) is 0 Å². The standard InChI is InChI=1S/C14H11BrFNO/c1-9-5-4-8-12(16)13(9)17-14(18)10-6-2-3-7-11(10)15/h2-8H,1H3,(H,17,18). The van der Waals surface area contributed by atoms with Crippen molar-refractivity contribution >= 4 is 27.5 Å². The van der Waals surface area contributed by atoms with E-state index >= 15 is 0 Å². The number of hydrogen-bond acceptors (Lipinski definition) is 1. The Morgan fingerprint density at radius 3 is 2.56 bits per heavy atom. The van der Waals surface area contributed by atoms with E-state index < -0.39 is 5.82 Å². The Hall–Kier alpha value is -1.68. The monoisotopic (exact) mass is 307 g/mol. The number of carbonyl (C=O) groups excluding carboxylic acids is 1. The summed E-state index contributed by atoms with van der Waals surface area (Å²) in [5.41, 5.74) is 1.38. The quantitative estimate of drug-likeness (QED) is 0.887. The van der Waals surface area contributed by atoms with Crippen LogP contribution in [0, 0.1) is 12.7 Å². The number of nitrogens with one attached hydrogen (secondary N) is 1. The van der Waals surface area contributed by atoms with Crippen LogP contribution in [0.5, 0.6) is 0 Å². The zero-order chi connectivity index (χ0) is 13.1. The lowest BCUT2D eigenvalue weighted by molar-refractivity contribution is 0.102. The van der Waals surface area contributed by atoms with E-state index in [1.54, 1.807) is 37.3 Å². The number of anilines is 1. The van der Waals surface area contributed by atoms with Crippen LogP contribution in [0.15, 0.2) is 46.9 Å². The third-order valence-electron chi connectivity index (χ3n) is 2.58. The number of amides is 1. The number of para-hydroxylation sites is 1. The summed E-state index contributed by atoms with van der Waals surface area (Å²) >= 11 is 3.29. The molecule has 0 aliphatic carbocycles. The Balaban J connectivity index is 2.30. The van der Waals surface area contributed by atoms with Gasteiger partial charge in [0.25, 0.3) is 5.91 Å². The molecule has 92 valence electrons. The molecule has 0 saturated heterocycles. The van der Waals surface area contributed by atoms with Crippen molar-refractivity contribution in [3.63, 3.8) is 0 Å². The first-order chi connectivity index (χ1) is 8.59. The molecule has 4 heteroatoms. The summed E-state index contributed by atoms with van der Waals surface area (Å²) in [4.78, 5) is 12.0. The second kappa shape index (κ2) is 5.31. The predicted octanol–water partition coefficient (Wildman–Crippen LogP) is 4.15. The maximum Gasteiger partial charge on any atom is 0.256 e. The van der Waals surface area contributed by atoms with Gasteiger partial charge in [-0.2, -0.15) is 0 Å². The van der Waals surface area contributed by atoms with Gasteiger partial charge in [0.1, 0.15) is 5.82 Å². The van der Waals surface area contributed by atoms with E-state index in [0.717, 1.165) is 0 Å². The molecule has 1 N–H and O–H groups in total. The Kier molecular flexibility index (Phi) is 3.77. The van der Waals surface area contributed by atoms with Crippen LogP contribution in [0.2, 0.25) is 0 Å². The third kappa shape index (κ3) is 2.59. The van der Waals surface area contributed by atoms with Gasteiger partial charge < -0.3 is 5.32 Å². The first kappa shape index (κ1) is 12.8. The minimum Gasteiger partial charge on any atom is -0.319 e. The number of halogens is 2. The van der Waals surface area contributed by atoms with Crippen LogP contribution in [0.25, 0.3) is 0 Å². The average Bonchev–Trinajstić information content (AvgIpc) is 2.34. The minimum atomic E-state index is -0.435. The first-order valence-corrected chi connectivity index (χ1v) is 6.20. The average molecular weight is 308 g/mol. The highest BCUT2D eigenvalue weighted by atomic mass is 79.9. The molecular formula is C14H11BrFNO. The number of carbonyl (C=O) groups is 1. The summed E-state index contributed by atoms with van der Waals surface area (Å²) in [6.07, 6.45) is 0. The summed E-state index contributed by atoms with van der Waals surface area (Å²) in [7, 11) is 0. The summed E-state index contributed by atoms with van der Waals surface area (Å²) in [6, 6.07) is 11.7. The SMILES string of the molecule is Cc1cccc(F)c1NC(=O)c1ccccc1Br. The van der Waals surface area contributed by atoms with E-state index in [1.165, 1.54) is 6.07 Å². The van der Waals surface area contributed by atoms with Crippen LogP contribution < -0.4 is 5.32 Å². The Labute approximate surface area is 113 Å². The summed E-state index contributed by atoms with van der Waals surface area (Å²) in [6.45, 7) is 1.75. The smallest absolute Gasteiger partial charge is 0.256 e. The van der Waals surface area contributed by atoms with Crippen molar-refractivity contribution in [2.75, 3.05) is 5.32 Å². The predicted molar refractivity (Wildman–Crippen MR) is 73.2 cm³/mol. The largest absolute Gasteiger partial charge is 0.319 e. The molecule has 2 nitrogen and oxygen atoms in total. The molecule has 0 radical (unpaired) electrons. The second-order valence-corrected chi connectivity index (χ2v) is 4.72. The van der Waals surface area contributed by atoms with Gasteiger partial charge in [-0.25, -0.2) is 4.39 Å². The van der Waals surface area contributed by atoms with Crippen LogP contribution in [-0.2, 0) is 0 Å². The summed E-state index contributed by atoms with van der Waals surface area (Å²) in [5, 5.41) is 2.59. The third-order valence-corrected chi connectivity index (χ3v) is 3.27. The molecule has 2 rings (SSSR count). The fourth-order valence-corrected chi connectivity index (χ4v) is 2.08. The lowest BCUT2D eigenvalue weighted by atomic mass is 10.1. The molecule has 0 aliphatic rings. The van der Waals surface area contributed by atoms with Crippen LogP contribution in [0.1, 0.15) is 15.9 Å².